The van der Waals surface area contributed by atoms with Crippen LogP contribution >= 0.6 is 0 Å². The second-order valence-corrected chi connectivity index (χ2v) is 6.52. The second kappa shape index (κ2) is 6.15. The van der Waals surface area contributed by atoms with Crippen molar-refractivity contribution in [2.24, 2.45) is 0 Å². The maximum atomic E-state index is 12.5. The number of hydrogen-bond acceptors (Lipinski definition) is 3. The molecule has 1 N–H and O–H groups in total. The molecule has 2 aliphatic rings. The summed E-state index contributed by atoms with van der Waals surface area (Å²) >= 11 is 0. The third-order valence-electron chi connectivity index (χ3n) is 4.90. The Morgan fingerprint density at radius 1 is 1.38 bits per heavy atom. The summed E-state index contributed by atoms with van der Waals surface area (Å²) in [6.45, 7) is 2.70. The quantitative estimate of drug-likeness (QED) is 0.923. The Hall–Kier alpha value is -2.56. The van der Waals surface area contributed by atoms with Gasteiger partial charge in [-0.05, 0) is 31.0 Å². The molecule has 0 radical (unpaired) electrons. The van der Waals surface area contributed by atoms with Crippen LogP contribution in [0.1, 0.15) is 41.6 Å². The van der Waals surface area contributed by atoms with Crippen molar-refractivity contribution in [3.63, 3.8) is 0 Å². The molecular formula is C19H21NO4. The lowest BCUT2D eigenvalue weighted by Gasteiger charge is -2.37. The third kappa shape index (κ3) is 2.82. The molecule has 1 aliphatic carbocycles. The first kappa shape index (κ1) is 16.3. The highest BCUT2D eigenvalue weighted by Crippen LogP contribution is 2.37. The highest BCUT2D eigenvalue weighted by molar-refractivity contribution is 5.91. The number of allylic oxidation sites excluding steroid dienone is 2. The number of benzene rings is 1. The minimum Gasteiger partial charge on any atom is -0.496 e. The largest absolute Gasteiger partial charge is 0.496 e. The van der Waals surface area contributed by atoms with Crippen LogP contribution in [0.15, 0.2) is 42.5 Å². The van der Waals surface area contributed by atoms with E-state index in [4.69, 9.17) is 4.74 Å². The van der Waals surface area contributed by atoms with Crippen molar-refractivity contribution in [2.45, 2.75) is 31.2 Å². The molecule has 1 fully saturated rings. The number of methoxy groups -OCH3 is 1. The zero-order valence-corrected chi connectivity index (χ0v) is 13.9. The SMILES string of the molecule is COc1cc(C2CC(=O)N(C3(C)C=CC=CC3)C2)ccc1C(=O)O. The van der Waals surface area contributed by atoms with Crippen LogP contribution in [-0.2, 0) is 4.79 Å². The minimum atomic E-state index is -1.02. The van der Waals surface area contributed by atoms with Gasteiger partial charge in [-0.1, -0.05) is 30.4 Å². The molecule has 1 aromatic carbocycles. The molecule has 2 atom stereocenters. The molecule has 24 heavy (non-hydrogen) atoms. The molecule has 2 unspecified atom stereocenters. The smallest absolute Gasteiger partial charge is 0.339 e. The van der Waals surface area contributed by atoms with Gasteiger partial charge < -0.3 is 14.7 Å². The van der Waals surface area contributed by atoms with Gasteiger partial charge in [-0.15, -0.1) is 0 Å². The molecule has 126 valence electrons. The average Bonchev–Trinajstić information content (AvgIpc) is 2.97. The standard InChI is InChI=1S/C19H21NO4/c1-19(8-4-3-5-9-19)20-12-14(11-17(20)21)13-6-7-15(18(22)23)16(10-13)24-2/h3-8,10,14H,9,11-12H2,1-2H3,(H,22,23). The molecule has 0 bridgehead atoms. The van der Waals surface area contributed by atoms with Gasteiger partial charge in [0.05, 0.1) is 12.6 Å². The normalized spacial score (nSPS) is 26.0. The molecule has 1 aromatic rings. The van der Waals surface area contributed by atoms with E-state index in [-0.39, 0.29) is 22.9 Å². The Labute approximate surface area is 141 Å². The molecule has 1 heterocycles. The van der Waals surface area contributed by atoms with Crippen LogP contribution in [0.25, 0.3) is 0 Å². The van der Waals surface area contributed by atoms with E-state index in [2.05, 4.69) is 19.1 Å². The number of amides is 1. The maximum Gasteiger partial charge on any atom is 0.339 e. The number of rotatable bonds is 4. The Morgan fingerprint density at radius 3 is 2.79 bits per heavy atom. The lowest BCUT2D eigenvalue weighted by atomic mass is 9.91. The van der Waals surface area contributed by atoms with Crippen LogP contribution in [-0.4, -0.2) is 41.1 Å². The van der Waals surface area contributed by atoms with E-state index in [9.17, 15) is 14.7 Å². The zero-order valence-electron chi connectivity index (χ0n) is 13.9. The molecule has 0 aromatic heterocycles. The van der Waals surface area contributed by atoms with Crippen LogP contribution < -0.4 is 4.74 Å². The minimum absolute atomic E-state index is 0.0466. The van der Waals surface area contributed by atoms with Crippen molar-refractivity contribution in [3.8, 4) is 5.75 Å². The lowest BCUT2D eigenvalue weighted by molar-refractivity contribution is -0.131. The maximum absolute atomic E-state index is 12.5. The summed E-state index contributed by atoms with van der Waals surface area (Å²) in [6.07, 6.45) is 9.36. The zero-order chi connectivity index (χ0) is 17.3. The summed E-state index contributed by atoms with van der Waals surface area (Å²) < 4.78 is 5.20. The van der Waals surface area contributed by atoms with Gasteiger partial charge >= 0.3 is 5.97 Å². The van der Waals surface area contributed by atoms with Gasteiger partial charge in [-0.25, -0.2) is 4.79 Å². The van der Waals surface area contributed by atoms with E-state index < -0.39 is 5.97 Å². The number of nitrogens with zero attached hydrogens (tertiary/aromatic N) is 1. The summed E-state index contributed by atoms with van der Waals surface area (Å²) in [5.41, 5.74) is 0.785. The molecule has 0 saturated carbocycles. The summed E-state index contributed by atoms with van der Waals surface area (Å²) in [5, 5.41) is 9.18. The van der Waals surface area contributed by atoms with Gasteiger partial charge in [-0.3, -0.25) is 4.79 Å². The van der Waals surface area contributed by atoms with Crippen molar-refractivity contribution < 1.29 is 19.4 Å². The van der Waals surface area contributed by atoms with Crippen molar-refractivity contribution in [3.05, 3.63) is 53.6 Å². The van der Waals surface area contributed by atoms with Gasteiger partial charge in [0.15, 0.2) is 0 Å². The average molecular weight is 327 g/mol. The van der Waals surface area contributed by atoms with Crippen LogP contribution in [0.4, 0.5) is 0 Å². The van der Waals surface area contributed by atoms with Crippen molar-refractivity contribution in [2.75, 3.05) is 13.7 Å². The Balaban J connectivity index is 1.85. The van der Waals surface area contributed by atoms with Gasteiger partial charge in [0.1, 0.15) is 11.3 Å². The first-order valence-electron chi connectivity index (χ1n) is 8.00. The Kier molecular flexibility index (Phi) is 4.18. The fraction of sp³-hybridized carbons (Fsp3) is 0.368. The van der Waals surface area contributed by atoms with Crippen LogP contribution in [0.3, 0.4) is 0 Å². The van der Waals surface area contributed by atoms with Crippen LogP contribution in [0.2, 0.25) is 0 Å². The van der Waals surface area contributed by atoms with Crippen LogP contribution in [0.5, 0.6) is 5.75 Å². The lowest BCUT2D eigenvalue weighted by Crippen LogP contribution is -2.46. The number of carboxylic acids is 1. The summed E-state index contributed by atoms with van der Waals surface area (Å²) in [4.78, 5) is 25.7. The number of likely N-dealkylation sites (tertiary alicyclic amines) is 1. The summed E-state index contributed by atoms with van der Waals surface area (Å²) in [5.74, 6) is -0.513. The van der Waals surface area contributed by atoms with E-state index in [1.54, 1.807) is 18.2 Å². The fourth-order valence-electron chi connectivity index (χ4n) is 3.48. The molecule has 0 spiro atoms. The van der Waals surface area contributed by atoms with E-state index in [1.807, 2.05) is 17.1 Å². The molecule has 5 nitrogen and oxygen atoms in total. The number of carbonyl (C=O) groups is 2. The summed E-state index contributed by atoms with van der Waals surface area (Å²) in [7, 11) is 1.46. The van der Waals surface area contributed by atoms with E-state index in [0.29, 0.717) is 18.7 Å². The number of hydrogen-bond donors (Lipinski definition) is 1. The molecule has 1 amide bonds. The predicted molar refractivity (Wildman–Crippen MR) is 90.3 cm³/mol. The first-order valence-corrected chi connectivity index (χ1v) is 8.00. The van der Waals surface area contributed by atoms with E-state index in [1.165, 1.54) is 7.11 Å². The van der Waals surface area contributed by atoms with Gasteiger partial charge in [-0.2, -0.15) is 0 Å². The van der Waals surface area contributed by atoms with Gasteiger partial charge in [0, 0.05) is 18.9 Å². The van der Waals surface area contributed by atoms with E-state index in [0.717, 1.165) is 12.0 Å². The number of ether oxygens (including phenoxy) is 1. The molecule has 1 saturated heterocycles. The van der Waals surface area contributed by atoms with Crippen molar-refractivity contribution in [1.29, 1.82) is 0 Å². The Morgan fingerprint density at radius 2 is 2.17 bits per heavy atom. The number of carbonyl (C=O) groups excluding carboxylic acids is 1. The fourth-order valence-corrected chi connectivity index (χ4v) is 3.48. The second-order valence-electron chi connectivity index (χ2n) is 6.52. The van der Waals surface area contributed by atoms with Crippen molar-refractivity contribution >= 4 is 11.9 Å². The first-order chi connectivity index (χ1) is 11.4. The molecular weight excluding hydrogens is 306 g/mol. The molecule has 1 aliphatic heterocycles. The topological polar surface area (TPSA) is 66.8 Å². The monoisotopic (exact) mass is 327 g/mol. The highest BCUT2D eigenvalue weighted by atomic mass is 16.5. The summed E-state index contributed by atoms with van der Waals surface area (Å²) in [6, 6.07) is 5.07. The number of aromatic carboxylic acids is 1. The molecule has 3 rings (SSSR count). The van der Waals surface area contributed by atoms with Gasteiger partial charge in [0.2, 0.25) is 5.91 Å². The highest BCUT2D eigenvalue weighted by Gasteiger charge is 2.40. The van der Waals surface area contributed by atoms with Crippen molar-refractivity contribution in [1.82, 2.24) is 4.90 Å². The van der Waals surface area contributed by atoms with Gasteiger partial charge in [0.25, 0.3) is 0 Å². The predicted octanol–water partition coefficient (Wildman–Crippen LogP) is 2.98. The Bertz CT molecular complexity index is 737. The third-order valence-corrected chi connectivity index (χ3v) is 4.90. The number of carboxylic acid groups (broad SMARTS) is 1. The molecule has 5 heteroatoms. The van der Waals surface area contributed by atoms with E-state index >= 15 is 0 Å². The van der Waals surface area contributed by atoms with Crippen LogP contribution in [0, 0.1) is 0 Å².